The summed E-state index contributed by atoms with van der Waals surface area (Å²) in [6.07, 6.45) is 3.56. The summed E-state index contributed by atoms with van der Waals surface area (Å²) in [6.45, 7) is 1.68. The maximum atomic E-state index is 12.5. The Labute approximate surface area is 134 Å². The molecule has 1 heterocycles. The highest BCUT2D eigenvalue weighted by Gasteiger charge is 2.33. The number of nitrogens with zero attached hydrogens (tertiary/aromatic N) is 2. The third-order valence-corrected chi connectivity index (χ3v) is 3.87. The van der Waals surface area contributed by atoms with Crippen molar-refractivity contribution in [3.8, 4) is 5.69 Å². The van der Waals surface area contributed by atoms with E-state index in [1.54, 1.807) is 13.1 Å². The van der Waals surface area contributed by atoms with Crippen molar-refractivity contribution < 1.29 is 14.7 Å². The van der Waals surface area contributed by atoms with Crippen molar-refractivity contribution in [1.29, 1.82) is 0 Å². The van der Waals surface area contributed by atoms with Crippen LogP contribution in [0, 0.1) is 0 Å². The first-order chi connectivity index (χ1) is 11.1. The Morgan fingerprint density at radius 2 is 2.04 bits per heavy atom. The molecule has 0 saturated heterocycles. The number of rotatable bonds is 6. The number of hydrogen-bond acceptors (Lipinski definition) is 3. The minimum atomic E-state index is -0.930. The average molecular weight is 313 g/mol. The van der Waals surface area contributed by atoms with Gasteiger partial charge in [-0.2, -0.15) is 5.10 Å². The van der Waals surface area contributed by atoms with Crippen LogP contribution in [0.4, 0.5) is 0 Å². The first-order valence-corrected chi connectivity index (χ1v) is 7.72. The molecule has 23 heavy (non-hydrogen) atoms. The molecular weight excluding hydrogens is 294 g/mol. The third kappa shape index (κ3) is 3.41. The van der Waals surface area contributed by atoms with Crippen LogP contribution in [0.25, 0.3) is 5.69 Å². The van der Waals surface area contributed by atoms with Crippen LogP contribution < -0.4 is 5.32 Å². The number of benzene rings is 1. The minimum Gasteiger partial charge on any atom is -0.481 e. The molecule has 2 aromatic rings. The third-order valence-electron chi connectivity index (χ3n) is 3.87. The van der Waals surface area contributed by atoms with Gasteiger partial charge in [0.2, 0.25) is 0 Å². The number of para-hydroxylation sites is 1. The van der Waals surface area contributed by atoms with E-state index < -0.39 is 12.0 Å². The molecule has 1 aliphatic rings. The van der Waals surface area contributed by atoms with Gasteiger partial charge in [0, 0.05) is 12.0 Å². The van der Waals surface area contributed by atoms with Crippen LogP contribution in [0.2, 0.25) is 0 Å². The summed E-state index contributed by atoms with van der Waals surface area (Å²) >= 11 is 0. The van der Waals surface area contributed by atoms with Gasteiger partial charge in [-0.1, -0.05) is 18.2 Å². The fourth-order valence-electron chi connectivity index (χ4n) is 2.67. The Balaban J connectivity index is 1.87. The van der Waals surface area contributed by atoms with E-state index in [0.29, 0.717) is 11.5 Å². The molecule has 1 aromatic heterocycles. The largest absolute Gasteiger partial charge is 0.481 e. The summed E-state index contributed by atoms with van der Waals surface area (Å²) in [5.74, 6) is -0.851. The molecule has 1 amide bonds. The SMILES string of the molecule is CC(CC(=O)O)NC(=O)c1cnn(-c2ccccc2)c1C1CC1. The van der Waals surface area contributed by atoms with Crippen LogP contribution in [0.1, 0.15) is 48.2 Å². The standard InChI is InChI=1S/C17H19N3O3/c1-11(9-15(21)22)19-17(23)14-10-18-20(16(14)12-7-8-12)13-5-3-2-4-6-13/h2-6,10-12H,7-9H2,1H3,(H,19,23)(H,21,22). The van der Waals surface area contributed by atoms with E-state index in [-0.39, 0.29) is 12.3 Å². The van der Waals surface area contributed by atoms with E-state index in [2.05, 4.69) is 10.4 Å². The number of carbonyl (C=O) groups excluding carboxylic acids is 1. The minimum absolute atomic E-state index is 0.0999. The fourth-order valence-corrected chi connectivity index (χ4v) is 2.67. The Bertz CT molecular complexity index is 720. The molecule has 6 nitrogen and oxygen atoms in total. The lowest BCUT2D eigenvalue weighted by molar-refractivity contribution is -0.137. The number of amides is 1. The second-order valence-electron chi connectivity index (χ2n) is 5.94. The van der Waals surface area contributed by atoms with Crippen molar-refractivity contribution >= 4 is 11.9 Å². The van der Waals surface area contributed by atoms with E-state index in [4.69, 9.17) is 5.11 Å². The summed E-state index contributed by atoms with van der Waals surface area (Å²) < 4.78 is 1.81. The first-order valence-electron chi connectivity index (χ1n) is 7.72. The number of aliphatic carboxylic acids is 1. The van der Waals surface area contributed by atoms with Gasteiger partial charge in [-0.3, -0.25) is 9.59 Å². The molecule has 1 unspecified atom stereocenters. The summed E-state index contributed by atoms with van der Waals surface area (Å²) in [6, 6.07) is 9.28. The second-order valence-corrected chi connectivity index (χ2v) is 5.94. The molecule has 1 aliphatic carbocycles. The Morgan fingerprint density at radius 3 is 2.65 bits per heavy atom. The number of aromatic nitrogens is 2. The monoisotopic (exact) mass is 313 g/mol. The van der Waals surface area contributed by atoms with Gasteiger partial charge in [0.15, 0.2) is 0 Å². The van der Waals surface area contributed by atoms with Crippen molar-refractivity contribution in [2.24, 2.45) is 0 Å². The second kappa shape index (κ2) is 6.24. The van der Waals surface area contributed by atoms with E-state index in [0.717, 1.165) is 24.2 Å². The van der Waals surface area contributed by atoms with E-state index in [1.165, 1.54) is 0 Å². The Kier molecular flexibility index (Phi) is 4.14. The van der Waals surface area contributed by atoms with Crippen LogP contribution in [0.3, 0.4) is 0 Å². The van der Waals surface area contributed by atoms with Crippen LogP contribution >= 0.6 is 0 Å². The zero-order valence-corrected chi connectivity index (χ0v) is 12.9. The van der Waals surface area contributed by atoms with Crippen molar-refractivity contribution in [2.75, 3.05) is 0 Å². The summed E-state index contributed by atoms with van der Waals surface area (Å²) in [5, 5.41) is 15.9. The predicted molar refractivity (Wildman–Crippen MR) is 84.7 cm³/mol. The summed E-state index contributed by atoms with van der Waals surface area (Å²) in [5.41, 5.74) is 2.37. The summed E-state index contributed by atoms with van der Waals surface area (Å²) in [4.78, 5) is 23.2. The molecule has 120 valence electrons. The molecule has 1 saturated carbocycles. The van der Waals surface area contributed by atoms with Gasteiger partial charge < -0.3 is 10.4 Å². The van der Waals surface area contributed by atoms with Crippen molar-refractivity contribution in [3.63, 3.8) is 0 Å². The zero-order valence-electron chi connectivity index (χ0n) is 12.9. The van der Waals surface area contributed by atoms with E-state index in [9.17, 15) is 9.59 Å². The average Bonchev–Trinajstić information content (AvgIpc) is 3.25. The molecule has 6 heteroatoms. The quantitative estimate of drug-likeness (QED) is 0.857. The van der Waals surface area contributed by atoms with E-state index in [1.807, 2.05) is 35.0 Å². The molecular formula is C17H19N3O3. The lowest BCUT2D eigenvalue weighted by atomic mass is 10.1. The first kappa shape index (κ1) is 15.3. The molecule has 3 rings (SSSR count). The highest BCUT2D eigenvalue weighted by atomic mass is 16.4. The molecule has 1 fully saturated rings. The molecule has 0 bridgehead atoms. The number of carboxylic acid groups (broad SMARTS) is 1. The molecule has 1 aromatic carbocycles. The lowest BCUT2D eigenvalue weighted by Crippen LogP contribution is -2.34. The Morgan fingerprint density at radius 1 is 1.35 bits per heavy atom. The van der Waals surface area contributed by atoms with Gasteiger partial charge >= 0.3 is 5.97 Å². The number of carbonyl (C=O) groups is 2. The van der Waals surface area contributed by atoms with E-state index >= 15 is 0 Å². The number of nitrogens with one attached hydrogen (secondary N) is 1. The van der Waals surface area contributed by atoms with Crippen LogP contribution in [0.15, 0.2) is 36.5 Å². The fraction of sp³-hybridized carbons (Fsp3) is 0.353. The van der Waals surface area contributed by atoms with Crippen molar-refractivity contribution in [3.05, 3.63) is 47.8 Å². The van der Waals surface area contributed by atoms with Gasteiger partial charge in [0.25, 0.3) is 5.91 Å². The maximum absolute atomic E-state index is 12.5. The normalized spacial score (nSPS) is 15.2. The number of hydrogen-bond donors (Lipinski definition) is 2. The van der Waals surface area contributed by atoms with Gasteiger partial charge in [-0.15, -0.1) is 0 Å². The molecule has 0 radical (unpaired) electrons. The Hall–Kier alpha value is -2.63. The predicted octanol–water partition coefficient (Wildman–Crippen LogP) is 2.34. The van der Waals surface area contributed by atoms with Gasteiger partial charge in [-0.05, 0) is 31.9 Å². The summed E-state index contributed by atoms with van der Waals surface area (Å²) in [7, 11) is 0. The topological polar surface area (TPSA) is 84.2 Å². The van der Waals surface area contributed by atoms with Crippen LogP contribution in [-0.4, -0.2) is 32.8 Å². The smallest absolute Gasteiger partial charge is 0.305 e. The molecule has 2 N–H and O–H groups in total. The lowest BCUT2D eigenvalue weighted by Gasteiger charge is -2.12. The van der Waals surface area contributed by atoms with Gasteiger partial charge in [0.05, 0.1) is 29.6 Å². The molecule has 0 spiro atoms. The zero-order chi connectivity index (χ0) is 16.4. The number of carboxylic acids is 1. The van der Waals surface area contributed by atoms with Crippen LogP contribution in [0.5, 0.6) is 0 Å². The van der Waals surface area contributed by atoms with Crippen LogP contribution in [-0.2, 0) is 4.79 Å². The maximum Gasteiger partial charge on any atom is 0.305 e. The van der Waals surface area contributed by atoms with Gasteiger partial charge in [0.1, 0.15) is 0 Å². The van der Waals surface area contributed by atoms with Crippen molar-refractivity contribution in [1.82, 2.24) is 15.1 Å². The van der Waals surface area contributed by atoms with Gasteiger partial charge in [-0.25, -0.2) is 4.68 Å². The molecule has 0 aliphatic heterocycles. The van der Waals surface area contributed by atoms with Crippen molar-refractivity contribution in [2.45, 2.75) is 38.1 Å². The molecule has 1 atom stereocenters. The highest BCUT2D eigenvalue weighted by molar-refractivity contribution is 5.96. The highest BCUT2D eigenvalue weighted by Crippen LogP contribution is 2.42.